The van der Waals surface area contributed by atoms with Gasteiger partial charge in [-0.2, -0.15) is 5.10 Å². The Hall–Kier alpha value is -2.47. The molecule has 0 saturated heterocycles. The lowest BCUT2D eigenvalue weighted by Crippen LogP contribution is -2.23. The van der Waals surface area contributed by atoms with Gasteiger partial charge in [-0.1, -0.05) is 30.3 Å². The van der Waals surface area contributed by atoms with Crippen molar-refractivity contribution in [2.75, 3.05) is 0 Å². The summed E-state index contributed by atoms with van der Waals surface area (Å²) in [5.74, 6) is 0.0501. The number of nitrogens with zero attached hydrogens (tertiary/aromatic N) is 2. The van der Waals surface area contributed by atoms with Gasteiger partial charge in [0, 0.05) is 22.6 Å². The van der Waals surface area contributed by atoms with Gasteiger partial charge in [0.1, 0.15) is 5.01 Å². The van der Waals surface area contributed by atoms with Gasteiger partial charge >= 0.3 is 0 Å². The van der Waals surface area contributed by atoms with Crippen LogP contribution in [0.2, 0.25) is 0 Å². The van der Waals surface area contributed by atoms with Crippen molar-refractivity contribution >= 4 is 17.2 Å². The second kappa shape index (κ2) is 7.61. The predicted octanol–water partition coefficient (Wildman–Crippen LogP) is 3.71. The Kier molecular flexibility index (Phi) is 5.28. The minimum atomic E-state index is 0.0501. The van der Waals surface area contributed by atoms with Crippen LogP contribution in [-0.4, -0.2) is 21.1 Å². The molecule has 2 N–H and O–H groups in total. The molecular formula is C19H22N4OS. The second-order valence-electron chi connectivity index (χ2n) is 6.08. The maximum absolute atomic E-state index is 12.2. The van der Waals surface area contributed by atoms with E-state index < -0.39 is 0 Å². The van der Waals surface area contributed by atoms with Crippen molar-refractivity contribution < 1.29 is 4.79 Å². The number of carbonyl (C=O) groups excluding carboxylic acids is 1. The molecule has 3 aromatic rings. The molecule has 5 nitrogen and oxygen atoms in total. The van der Waals surface area contributed by atoms with E-state index in [1.54, 1.807) is 11.3 Å². The molecule has 0 aliphatic rings. The van der Waals surface area contributed by atoms with Gasteiger partial charge in [-0.05, 0) is 32.8 Å². The average molecular weight is 354 g/mol. The van der Waals surface area contributed by atoms with Crippen LogP contribution in [-0.2, 0) is 17.8 Å². The summed E-state index contributed by atoms with van der Waals surface area (Å²) in [5, 5.41) is 11.1. The van der Waals surface area contributed by atoms with Crippen molar-refractivity contribution in [1.29, 1.82) is 0 Å². The van der Waals surface area contributed by atoms with Gasteiger partial charge in [-0.15, -0.1) is 11.3 Å². The highest BCUT2D eigenvalue weighted by Gasteiger charge is 2.12. The highest BCUT2D eigenvalue weighted by atomic mass is 32.1. The number of benzene rings is 1. The van der Waals surface area contributed by atoms with Crippen molar-refractivity contribution in [2.45, 2.75) is 40.2 Å². The Balaban J connectivity index is 1.56. The summed E-state index contributed by atoms with van der Waals surface area (Å²) in [6, 6.07) is 10.1. The number of nitrogens with one attached hydrogen (secondary N) is 2. The first kappa shape index (κ1) is 17.4. The van der Waals surface area contributed by atoms with Crippen LogP contribution in [0, 0.1) is 20.8 Å². The van der Waals surface area contributed by atoms with E-state index in [2.05, 4.69) is 32.6 Å². The zero-order chi connectivity index (χ0) is 17.8. The molecule has 0 fully saturated rings. The number of amides is 1. The summed E-state index contributed by atoms with van der Waals surface area (Å²) >= 11 is 1.63. The molecule has 0 aliphatic carbocycles. The van der Waals surface area contributed by atoms with Crippen LogP contribution in [0.4, 0.5) is 0 Å². The number of hydrogen-bond donors (Lipinski definition) is 2. The third kappa shape index (κ3) is 4.14. The predicted molar refractivity (Wildman–Crippen MR) is 101 cm³/mol. The molecule has 0 bridgehead atoms. The highest BCUT2D eigenvalue weighted by Crippen LogP contribution is 2.27. The first-order valence-electron chi connectivity index (χ1n) is 8.33. The fourth-order valence-electron chi connectivity index (χ4n) is 2.74. The fourth-order valence-corrected chi connectivity index (χ4v) is 3.75. The number of rotatable bonds is 6. The van der Waals surface area contributed by atoms with E-state index in [9.17, 15) is 4.79 Å². The lowest BCUT2D eigenvalue weighted by molar-refractivity contribution is -0.121. The van der Waals surface area contributed by atoms with Crippen LogP contribution in [0.25, 0.3) is 10.6 Å². The van der Waals surface area contributed by atoms with Gasteiger partial charge in [-0.3, -0.25) is 9.89 Å². The normalized spacial score (nSPS) is 10.8. The van der Waals surface area contributed by atoms with E-state index >= 15 is 0 Å². The van der Waals surface area contributed by atoms with Gasteiger partial charge in [-0.25, -0.2) is 4.98 Å². The molecule has 6 heteroatoms. The summed E-state index contributed by atoms with van der Waals surface area (Å²) in [6.45, 7) is 6.46. The lowest BCUT2D eigenvalue weighted by Gasteiger charge is -2.04. The minimum absolute atomic E-state index is 0.0501. The van der Waals surface area contributed by atoms with E-state index in [1.807, 2.05) is 39.0 Å². The zero-order valence-corrected chi connectivity index (χ0v) is 15.5. The summed E-state index contributed by atoms with van der Waals surface area (Å²) in [5.41, 5.74) is 5.23. The minimum Gasteiger partial charge on any atom is -0.351 e. The number of hydrogen-bond acceptors (Lipinski definition) is 4. The number of aromatic nitrogens is 3. The fraction of sp³-hybridized carbons (Fsp3) is 0.316. The molecule has 0 spiro atoms. The third-order valence-electron chi connectivity index (χ3n) is 4.24. The maximum atomic E-state index is 12.2. The topological polar surface area (TPSA) is 70.7 Å². The first-order chi connectivity index (χ1) is 12.0. The molecule has 0 aliphatic heterocycles. The van der Waals surface area contributed by atoms with E-state index in [0.29, 0.717) is 19.4 Å². The van der Waals surface area contributed by atoms with Crippen LogP contribution < -0.4 is 5.32 Å². The summed E-state index contributed by atoms with van der Waals surface area (Å²) < 4.78 is 0. The zero-order valence-electron chi connectivity index (χ0n) is 14.7. The third-order valence-corrected chi connectivity index (χ3v) is 5.45. The van der Waals surface area contributed by atoms with Crippen molar-refractivity contribution in [1.82, 2.24) is 20.5 Å². The Morgan fingerprint density at radius 1 is 1.16 bits per heavy atom. The van der Waals surface area contributed by atoms with Crippen molar-refractivity contribution in [3.63, 3.8) is 0 Å². The average Bonchev–Trinajstić information content (AvgIpc) is 3.14. The molecule has 0 saturated carbocycles. The Morgan fingerprint density at radius 2 is 1.92 bits per heavy atom. The Morgan fingerprint density at radius 3 is 2.60 bits per heavy atom. The van der Waals surface area contributed by atoms with Gasteiger partial charge < -0.3 is 5.32 Å². The molecule has 1 amide bonds. The van der Waals surface area contributed by atoms with E-state index in [1.165, 1.54) is 0 Å². The highest BCUT2D eigenvalue weighted by molar-refractivity contribution is 7.15. The van der Waals surface area contributed by atoms with E-state index in [0.717, 1.165) is 38.1 Å². The number of aryl methyl sites for hydroxylation is 3. The van der Waals surface area contributed by atoms with Crippen molar-refractivity contribution in [2.24, 2.45) is 0 Å². The van der Waals surface area contributed by atoms with E-state index in [4.69, 9.17) is 0 Å². The smallest absolute Gasteiger partial charge is 0.220 e. The van der Waals surface area contributed by atoms with Crippen LogP contribution in [0.15, 0.2) is 30.3 Å². The van der Waals surface area contributed by atoms with Crippen LogP contribution in [0.5, 0.6) is 0 Å². The largest absolute Gasteiger partial charge is 0.351 e. The van der Waals surface area contributed by atoms with Crippen LogP contribution in [0.1, 0.15) is 33.9 Å². The standard InChI is InChI=1S/C19H22N4OS/c1-12-16(13(2)23-22-12)9-10-18(24)20-11-17-14(3)21-19(25-17)15-7-5-4-6-8-15/h4-8H,9-11H2,1-3H3,(H,20,24)(H,22,23). The monoisotopic (exact) mass is 354 g/mol. The Bertz CT molecular complexity index is 847. The Labute approximate surface area is 151 Å². The SMILES string of the molecule is Cc1nc(-c2ccccc2)sc1CNC(=O)CCc1c(C)n[nH]c1C. The molecule has 2 heterocycles. The van der Waals surface area contributed by atoms with E-state index in [-0.39, 0.29) is 5.91 Å². The lowest BCUT2D eigenvalue weighted by atomic mass is 10.1. The van der Waals surface area contributed by atoms with Gasteiger partial charge in [0.15, 0.2) is 0 Å². The number of thiazole rings is 1. The summed E-state index contributed by atoms with van der Waals surface area (Å²) in [6.07, 6.45) is 1.17. The molecule has 2 aromatic heterocycles. The number of aromatic amines is 1. The van der Waals surface area contributed by atoms with Crippen LogP contribution >= 0.6 is 11.3 Å². The molecular weight excluding hydrogens is 332 g/mol. The molecule has 1 aromatic carbocycles. The number of carbonyl (C=O) groups is 1. The molecule has 3 rings (SSSR count). The molecule has 0 atom stereocenters. The number of H-pyrrole nitrogens is 1. The second-order valence-corrected chi connectivity index (χ2v) is 7.17. The molecule has 130 valence electrons. The molecule has 0 unspecified atom stereocenters. The summed E-state index contributed by atoms with van der Waals surface area (Å²) in [7, 11) is 0. The quantitative estimate of drug-likeness (QED) is 0.709. The van der Waals surface area contributed by atoms with Crippen LogP contribution in [0.3, 0.4) is 0 Å². The van der Waals surface area contributed by atoms with Gasteiger partial charge in [0.05, 0.1) is 17.9 Å². The molecule has 0 radical (unpaired) electrons. The van der Waals surface area contributed by atoms with Gasteiger partial charge in [0.2, 0.25) is 5.91 Å². The summed E-state index contributed by atoms with van der Waals surface area (Å²) in [4.78, 5) is 17.9. The molecule has 25 heavy (non-hydrogen) atoms. The van der Waals surface area contributed by atoms with Crippen molar-refractivity contribution in [3.8, 4) is 10.6 Å². The first-order valence-corrected chi connectivity index (χ1v) is 9.15. The maximum Gasteiger partial charge on any atom is 0.220 e. The van der Waals surface area contributed by atoms with Gasteiger partial charge in [0.25, 0.3) is 0 Å². The van der Waals surface area contributed by atoms with Crippen molar-refractivity contribution in [3.05, 3.63) is 57.9 Å².